The van der Waals surface area contributed by atoms with Crippen LogP contribution < -0.4 is 5.73 Å². The van der Waals surface area contributed by atoms with Crippen molar-refractivity contribution in [2.75, 3.05) is 6.54 Å². The third-order valence-corrected chi connectivity index (χ3v) is 2.67. The molecular weight excluding hydrogens is 242 g/mol. The lowest BCUT2D eigenvalue weighted by Crippen LogP contribution is -2.11. The molecule has 0 bridgehead atoms. The Bertz CT molecular complexity index is 501. The zero-order valence-corrected chi connectivity index (χ0v) is 9.76. The topological polar surface area (TPSA) is 85.2 Å². The Morgan fingerprint density at radius 1 is 1.41 bits per heavy atom. The van der Waals surface area contributed by atoms with Crippen molar-refractivity contribution < 1.29 is 9.63 Å². The zero-order valence-electron chi connectivity index (χ0n) is 9.01. The largest absolute Gasteiger partial charge is 0.382 e. The monoisotopic (exact) mass is 253 g/mol. The Labute approximate surface area is 103 Å². The highest BCUT2D eigenvalue weighted by Crippen LogP contribution is 2.18. The summed E-state index contributed by atoms with van der Waals surface area (Å²) in [4.78, 5) is 4.05. The molecule has 0 fully saturated rings. The summed E-state index contributed by atoms with van der Waals surface area (Å²) in [5.74, 6) is 0.607. The van der Waals surface area contributed by atoms with Gasteiger partial charge in [-0.1, -0.05) is 35.0 Å². The molecule has 0 aliphatic heterocycles. The van der Waals surface area contributed by atoms with Crippen molar-refractivity contribution in [2.45, 2.75) is 12.5 Å². The van der Waals surface area contributed by atoms with E-state index in [1.165, 1.54) is 0 Å². The van der Waals surface area contributed by atoms with E-state index in [0.29, 0.717) is 17.3 Å². The van der Waals surface area contributed by atoms with Crippen molar-refractivity contribution in [3.63, 3.8) is 0 Å². The number of nitrogens with two attached hydrogens (primary N) is 1. The van der Waals surface area contributed by atoms with Crippen LogP contribution in [0.15, 0.2) is 28.8 Å². The van der Waals surface area contributed by atoms with Crippen molar-refractivity contribution in [1.29, 1.82) is 0 Å². The summed E-state index contributed by atoms with van der Waals surface area (Å²) in [7, 11) is 0. The van der Waals surface area contributed by atoms with Gasteiger partial charge < -0.3 is 15.4 Å². The summed E-state index contributed by atoms with van der Waals surface area (Å²) in [6.45, 7) is 0.0493. The van der Waals surface area contributed by atoms with Gasteiger partial charge in [0.25, 0.3) is 5.89 Å². The summed E-state index contributed by atoms with van der Waals surface area (Å²) in [5, 5.41) is 13.8. The Morgan fingerprint density at radius 3 is 2.88 bits per heavy atom. The molecule has 3 N–H and O–H groups in total. The van der Waals surface area contributed by atoms with Gasteiger partial charge >= 0.3 is 0 Å². The second-order valence-corrected chi connectivity index (χ2v) is 3.98. The number of hydrogen-bond acceptors (Lipinski definition) is 5. The minimum Gasteiger partial charge on any atom is -0.382 e. The van der Waals surface area contributed by atoms with E-state index in [1.807, 2.05) is 18.2 Å². The van der Waals surface area contributed by atoms with Gasteiger partial charge in [0.05, 0.1) is 0 Å². The quantitative estimate of drug-likeness (QED) is 0.858. The maximum atomic E-state index is 9.42. The number of nitrogens with zero attached hydrogens (tertiary/aromatic N) is 2. The fraction of sp³-hybridized carbons (Fsp3) is 0.273. The molecule has 0 saturated carbocycles. The van der Waals surface area contributed by atoms with Crippen LogP contribution in [0.25, 0.3) is 0 Å². The first-order valence-corrected chi connectivity index (χ1v) is 5.52. The SMILES string of the molecule is NC[C@H](O)c1nc(Cc2ccccc2Cl)no1. The van der Waals surface area contributed by atoms with Gasteiger partial charge in [0.2, 0.25) is 0 Å². The summed E-state index contributed by atoms with van der Waals surface area (Å²) in [5.41, 5.74) is 6.20. The Hall–Kier alpha value is -1.43. The first kappa shape index (κ1) is 12.0. The first-order valence-electron chi connectivity index (χ1n) is 5.14. The highest BCUT2D eigenvalue weighted by molar-refractivity contribution is 6.31. The predicted molar refractivity (Wildman–Crippen MR) is 62.6 cm³/mol. The maximum absolute atomic E-state index is 9.42. The van der Waals surface area contributed by atoms with Crippen LogP contribution in [-0.2, 0) is 6.42 Å². The lowest BCUT2D eigenvalue weighted by molar-refractivity contribution is 0.141. The first-order chi connectivity index (χ1) is 8.20. The zero-order chi connectivity index (χ0) is 12.3. The van der Waals surface area contributed by atoms with Crippen LogP contribution in [0.4, 0.5) is 0 Å². The van der Waals surface area contributed by atoms with Crippen molar-refractivity contribution in [1.82, 2.24) is 10.1 Å². The molecule has 5 nitrogen and oxygen atoms in total. The normalized spacial score (nSPS) is 12.6. The Morgan fingerprint density at radius 2 is 2.18 bits per heavy atom. The van der Waals surface area contributed by atoms with Crippen LogP contribution >= 0.6 is 11.6 Å². The molecule has 0 aliphatic carbocycles. The average Bonchev–Trinajstić information content (AvgIpc) is 2.80. The van der Waals surface area contributed by atoms with E-state index in [-0.39, 0.29) is 12.4 Å². The molecule has 1 aromatic heterocycles. The van der Waals surface area contributed by atoms with Gasteiger partial charge in [-0.15, -0.1) is 0 Å². The van der Waals surface area contributed by atoms with Gasteiger partial charge in [-0.3, -0.25) is 0 Å². The minimum atomic E-state index is -0.914. The maximum Gasteiger partial charge on any atom is 0.256 e. The molecule has 1 aromatic carbocycles. The standard InChI is InChI=1S/C11H12ClN3O2/c12-8-4-2-1-3-7(8)5-10-14-11(17-15-10)9(16)6-13/h1-4,9,16H,5-6,13H2/t9-/m0/s1. The highest BCUT2D eigenvalue weighted by Gasteiger charge is 2.14. The smallest absolute Gasteiger partial charge is 0.256 e. The van der Waals surface area contributed by atoms with Crippen molar-refractivity contribution in [3.8, 4) is 0 Å². The third-order valence-electron chi connectivity index (χ3n) is 2.30. The van der Waals surface area contributed by atoms with Crippen molar-refractivity contribution >= 4 is 11.6 Å². The molecule has 0 saturated heterocycles. The molecule has 1 heterocycles. The lowest BCUT2D eigenvalue weighted by Gasteiger charge is -1.99. The van der Waals surface area contributed by atoms with E-state index in [1.54, 1.807) is 6.07 Å². The van der Waals surface area contributed by atoms with Crippen LogP contribution in [0, 0.1) is 0 Å². The number of aromatic nitrogens is 2. The Kier molecular flexibility index (Phi) is 3.73. The minimum absolute atomic E-state index is 0.0493. The average molecular weight is 254 g/mol. The molecule has 1 atom stereocenters. The van der Waals surface area contributed by atoms with Gasteiger partial charge in [-0.2, -0.15) is 4.98 Å². The molecule has 0 amide bonds. The van der Waals surface area contributed by atoms with Crippen molar-refractivity contribution in [3.05, 3.63) is 46.6 Å². The van der Waals surface area contributed by atoms with Gasteiger partial charge in [0, 0.05) is 18.0 Å². The highest BCUT2D eigenvalue weighted by atomic mass is 35.5. The van der Waals surface area contributed by atoms with Gasteiger partial charge in [-0.05, 0) is 11.6 Å². The van der Waals surface area contributed by atoms with Crippen molar-refractivity contribution in [2.24, 2.45) is 5.73 Å². The molecule has 2 rings (SSSR count). The molecular formula is C11H12ClN3O2. The predicted octanol–water partition coefficient (Wildman–Crippen LogP) is 1.31. The number of rotatable bonds is 4. The van der Waals surface area contributed by atoms with Crippen LogP contribution in [-0.4, -0.2) is 21.8 Å². The lowest BCUT2D eigenvalue weighted by atomic mass is 10.1. The number of aliphatic hydroxyl groups excluding tert-OH is 1. The van der Waals surface area contributed by atoms with E-state index in [9.17, 15) is 5.11 Å². The van der Waals surface area contributed by atoms with E-state index in [2.05, 4.69) is 10.1 Å². The summed E-state index contributed by atoms with van der Waals surface area (Å²) >= 11 is 6.02. The molecule has 6 heteroatoms. The van der Waals surface area contributed by atoms with Gasteiger partial charge in [-0.25, -0.2) is 0 Å². The van der Waals surface area contributed by atoms with E-state index >= 15 is 0 Å². The molecule has 0 spiro atoms. The number of hydrogen-bond donors (Lipinski definition) is 2. The van der Waals surface area contributed by atoms with Gasteiger partial charge in [0.1, 0.15) is 6.10 Å². The summed E-state index contributed by atoms with van der Waals surface area (Å²) < 4.78 is 4.90. The van der Waals surface area contributed by atoms with E-state index in [0.717, 1.165) is 5.56 Å². The number of aliphatic hydroxyl groups is 1. The molecule has 90 valence electrons. The van der Waals surface area contributed by atoms with E-state index in [4.69, 9.17) is 21.9 Å². The molecule has 0 unspecified atom stereocenters. The van der Waals surface area contributed by atoms with Crippen LogP contribution in [0.3, 0.4) is 0 Å². The second kappa shape index (κ2) is 5.27. The Balaban J connectivity index is 2.14. The molecule has 17 heavy (non-hydrogen) atoms. The number of halogens is 1. The molecule has 2 aromatic rings. The number of benzene rings is 1. The summed E-state index contributed by atoms with van der Waals surface area (Å²) in [6.07, 6.45) is -0.456. The molecule has 0 radical (unpaired) electrons. The van der Waals surface area contributed by atoms with Crippen LogP contribution in [0.1, 0.15) is 23.4 Å². The fourth-order valence-corrected chi connectivity index (χ4v) is 1.59. The fourth-order valence-electron chi connectivity index (χ4n) is 1.39. The second-order valence-electron chi connectivity index (χ2n) is 3.57. The van der Waals surface area contributed by atoms with Crippen LogP contribution in [0.2, 0.25) is 5.02 Å². The summed E-state index contributed by atoms with van der Waals surface area (Å²) in [6, 6.07) is 7.42. The van der Waals surface area contributed by atoms with Crippen LogP contribution in [0.5, 0.6) is 0 Å². The van der Waals surface area contributed by atoms with Gasteiger partial charge in [0.15, 0.2) is 5.82 Å². The van der Waals surface area contributed by atoms with E-state index < -0.39 is 6.10 Å². The third kappa shape index (κ3) is 2.82. The molecule has 0 aliphatic rings.